The highest BCUT2D eigenvalue weighted by Gasteiger charge is 2.19. The standard InChI is InChI=1S/C10H13Br2NOS/c1-7(2)13(6-5-11)10(14)8-3-4-9(12)15-8/h3-4,7H,5-6H2,1-2H3. The van der Waals surface area contributed by atoms with Crippen LogP contribution in [0.5, 0.6) is 0 Å². The lowest BCUT2D eigenvalue weighted by Crippen LogP contribution is -2.37. The number of carbonyl (C=O) groups excluding carboxylic acids is 1. The largest absolute Gasteiger partial charge is 0.335 e. The van der Waals surface area contributed by atoms with E-state index in [-0.39, 0.29) is 11.9 Å². The Morgan fingerprint density at radius 1 is 1.53 bits per heavy atom. The highest BCUT2D eigenvalue weighted by Crippen LogP contribution is 2.23. The van der Waals surface area contributed by atoms with Crippen LogP contribution < -0.4 is 0 Å². The fourth-order valence-electron chi connectivity index (χ4n) is 1.26. The number of hydrogen-bond acceptors (Lipinski definition) is 2. The summed E-state index contributed by atoms with van der Waals surface area (Å²) in [4.78, 5) is 14.7. The average Bonchev–Trinajstić information content (AvgIpc) is 2.59. The van der Waals surface area contributed by atoms with Crippen LogP contribution in [0.4, 0.5) is 0 Å². The molecular weight excluding hydrogens is 342 g/mol. The summed E-state index contributed by atoms with van der Waals surface area (Å²) in [5, 5.41) is 0.809. The quantitative estimate of drug-likeness (QED) is 0.754. The molecule has 0 atom stereocenters. The Hall–Kier alpha value is 0.130. The lowest BCUT2D eigenvalue weighted by Gasteiger charge is -2.25. The number of thiophene rings is 1. The molecule has 0 spiro atoms. The van der Waals surface area contributed by atoms with Crippen LogP contribution in [0.25, 0.3) is 0 Å². The predicted octanol–water partition coefficient (Wildman–Crippen LogP) is 3.76. The number of nitrogens with zero attached hydrogens (tertiary/aromatic N) is 1. The van der Waals surface area contributed by atoms with E-state index >= 15 is 0 Å². The molecule has 1 heterocycles. The van der Waals surface area contributed by atoms with Gasteiger partial charge in [-0.2, -0.15) is 0 Å². The van der Waals surface area contributed by atoms with E-state index in [9.17, 15) is 4.79 Å². The van der Waals surface area contributed by atoms with E-state index in [1.165, 1.54) is 11.3 Å². The highest BCUT2D eigenvalue weighted by molar-refractivity contribution is 9.11. The predicted molar refractivity (Wildman–Crippen MR) is 72.0 cm³/mol. The second kappa shape index (κ2) is 6.01. The molecule has 0 N–H and O–H groups in total. The summed E-state index contributed by atoms with van der Waals surface area (Å²) in [5.41, 5.74) is 0. The Morgan fingerprint density at radius 2 is 2.20 bits per heavy atom. The van der Waals surface area contributed by atoms with Crippen molar-refractivity contribution in [2.75, 3.05) is 11.9 Å². The van der Waals surface area contributed by atoms with Gasteiger partial charge in [-0.25, -0.2) is 0 Å². The van der Waals surface area contributed by atoms with Crippen molar-refractivity contribution in [3.63, 3.8) is 0 Å². The first kappa shape index (κ1) is 13.2. The van der Waals surface area contributed by atoms with Crippen LogP contribution in [-0.2, 0) is 0 Å². The molecule has 0 bridgehead atoms. The van der Waals surface area contributed by atoms with Gasteiger partial charge in [0.25, 0.3) is 5.91 Å². The monoisotopic (exact) mass is 353 g/mol. The summed E-state index contributed by atoms with van der Waals surface area (Å²) in [6, 6.07) is 4.00. The van der Waals surface area contributed by atoms with Crippen molar-refractivity contribution in [3.05, 3.63) is 20.8 Å². The normalized spacial score (nSPS) is 10.7. The van der Waals surface area contributed by atoms with E-state index in [1.54, 1.807) is 0 Å². The molecule has 0 aliphatic heterocycles. The summed E-state index contributed by atoms with van der Waals surface area (Å²) in [5.74, 6) is 0.111. The van der Waals surface area contributed by atoms with Crippen molar-refractivity contribution in [1.82, 2.24) is 4.90 Å². The Balaban J connectivity index is 2.80. The Bertz CT molecular complexity index is 338. The van der Waals surface area contributed by atoms with Crippen molar-refractivity contribution >= 4 is 49.1 Å². The molecule has 1 rings (SSSR count). The van der Waals surface area contributed by atoms with Crippen molar-refractivity contribution in [2.45, 2.75) is 19.9 Å². The molecule has 0 saturated heterocycles. The lowest BCUT2D eigenvalue weighted by atomic mass is 10.3. The van der Waals surface area contributed by atoms with E-state index in [2.05, 4.69) is 31.9 Å². The smallest absolute Gasteiger partial charge is 0.264 e. The molecule has 0 aromatic carbocycles. The second-order valence-electron chi connectivity index (χ2n) is 3.39. The summed E-state index contributed by atoms with van der Waals surface area (Å²) in [6.45, 7) is 4.80. The van der Waals surface area contributed by atoms with Crippen molar-refractivity contribution in [3.8, 4) is 0 Å². The third-order valence-electron chi connectivity index (χ3n) is 1.99. The van der Waals surface area contributed by atoms with Gasteiger partial charge in [0, 0.05) is 17.9 Å². The number of alkyl halides is 1. The third kappa shape index (κ3) is 3.57. The van der Waals surface area contributed by atoms with Gasteiger partial charge >= 0.3 is 0 Å². The maximum Gasteiger partial charge on any atom is 0.264 e. The molecule has 1 aromatic heterocycles. The van der Waals surface area contributed by atoms with Crippen LogP contribution in [0.2, 0.25) is 0 Å². The molecule has 0 aliphatic carbocycles. The molecule has 15 heavy (non-hydrogen) atoms. The van der Waals surface area contributed by atoms with Crippen LogP contribution >= 0.6 is 43.2 Å². The summed E-state index contributed by atoms with van der Waals surface area (Å²) in [6.07, 6.45) is 0. The summed E-state index contributed by atoms with van der Waals surface area (Å²) >= 11 is 8.21. The molecule has 0 aliphatic rings. The minimum atomic E-state index is 0.111. The van der Waals surface area contributed by atoms with Gasteiger partial charge in [-0.05, 0) is 41.9 Å². The first-order valence-corrected chi connectivity index (χ1v) is 7.41. The van der Waals surface area contributed by atoms with E-state index < -0.39 is 0 Å². The first-order chi connectivity index (χ1) is 7.06. The zero-order valence-electron chi connectivity index (χ0n) is 8.67. The Morgan fingerprint density at radius 3 is 2.60 bits per heavy atom. The van der Waals surface area contributed by atoms with Crippen LogP contribution in [0.15, 0.2) is 15.9 Å². The van der Waals surface area contributed by atoms with Gasteiger partial charge < -0.3 is 4.90 Å². The fourth-order valence-corrected chi connectivity index (χ4v) is 2.98. The first-order valence-electron chi connectivity index (χ1n) is 4.68. The van der Waals surface area contributed by atoms with Crippen molar-refractivity contribution < 1.29 is 4.79 Å². The van der Waals surface area contributed by atoms with Gasteiger partial charge in [0.1, 0.15) is 0 Å². The summed E-state index contributed by atoms with van der Waals surface area (Å²) < 4.78 is 0.994. The third-order valence-corrected chi connectivity index (χ3v) is 3.96. The number of carbonyl (C=O) groups is 1. The maximum atomic E-state index is 12.1. The van der Waals surface area contributed by atoms with E-state index in [0.717, 1.165) is 20.5 Å². The number of rotatable bonds is 4. The Kier molecular flexibility index (Phi) is 5.29. The number of hydrogen-bond donors (Lipinski definition) is 0. The maximum absolute atomic E-state index is 12.1. The molecule has 1 amide bonds. The molecule has 0 unspecified atom stereocenters. The number of halogens is 2. The van der Waals surface area contributed by atoms with Gasteiger partial charge in [-0.3, -0.25) is 4.79 Å². The van der Waals surface area contributed by atoms with Gasteiger partial charge in [0.15, 0.2) is 0 Å². The van der Waals surface area contributed by atoms with Crippen molar-refractivity contribution in [1.29, 1.82) is 0 Å². The van der Waals surface area contributed by atoms with E-state index in [0.29, 0.717) is 0 Å². The van der Waals surface area contributed by atoms with Gasteiger partial charge in [-0.15, -0.1) is 11.3 Å². The lowest BCUT2D eigenvalue weighted by molar-refractivity contribution is 0.0724. The molecule has 5 heteroatoms. The molecule has 84 valence electrons. The fraction of sp³-hybridized carbons (Fsp3) is 0.500. The molecule has 2 nitrogen and oxygen atoms in total. The molecule has 0 fully saturated rings. The minimum absolute atomic E-state index is 0.111. The van der Waals surface area contributed by atoms with Gasteiger partial charge in [0.2, 0.25) is 0 Å². The van der Waals surface area contributed by atoms with Crippen LogP contribution in [0.1, 0.15) is 23.5 Å². The zero-order chi connectivity index (χ0) is 11.4. The van der Waals surface area contributed by atoms with Gasteiger partial charge in [0.05, 0.1) is 8.66 Å². The van der Waals surface area contributed by atoms with E-state index in [4.69, 9.17) is 0 Å². The minimum Gasteiger partial charge on any atom is -0.335 e. The van der Waals surface area contributed by atoms with Crippen molar-refractivity contribution in [2.24, 2.45) is 0 Å². The molecule has 1 aromatic rings. The second-order valence-corrected chi connectivity index (χ2v) is 6.64. The zero-order valence-corrected chi connectivity index (χ0v) is 12.7. The highest BCUT2D eigenvalue weighted by atomic mass is 79.9. The van der Waals surface area contributed by atoms with Gasteiger partial charge in [-0.1, -0.05) is 15.9 Å². The average molecular weight is 355 g/mol. The van der Waals surface area contributed by atoms with Crippen LogP contribution in [0.3, 0.4) is 0 Å². The SMILES string of the molecule is CC(C)N(CCBr)C(=O)c1ccc(Br)s1. The Labute approximate surface area is 111 Å². The topological polar surface area (TPSA) is 20.3 Å². The van der Waals surface area contributed by atoms with E-state index in [1.807, 2.05) is 30.9 Å². The van der Waals surface area contributed by atoms with Crippen LogP contribution in [-0.4, -0.2) is 28.7 Å². The van der Waals surface area contributed by atoms with Crippen LogP contribution in [0, 0.1) is 0 Å². The molecular formula is C10H13Br2NOS. The molecule has 0 saturated carbocycles. The molecule has 0 radical (unpaired) electrons. The number of amides is 1. The summed E-state index contributed by atoms with van der Waals surface area (Å²) in [7, 11) is 0.